The number of halogens is 4. The van der Waals surface area contributed by atoms with Gasteiger partial charge in [0.25, 0.3) is 0 Å². The predicted molar refractivity (Wildman–Crippen MR) is 77.9 cm³/mol. The fourth-order valence-electron chi connectivity index (χ4n) is 1.96. The maximum Gasteiger partial charge on any atom is 0.162 e. The molecule has 0 aliphatic heterocycles. The van der Waals surface area contributed by atoms with E-state index >= 15 is 0 Å². The molecule has 0 aromatic heterocycles. The van der Waals surface area contributed by atoms with Gasteiger partial charge in [0.05, 0.1) is 0 Å². The van der Waals surface area contributed by atoms with Crippen molar-refractivity contribution in [2.24, 2.45) is 0 Å². The maximum atomic E-state index is 13.6. The van der Waals surface area contributed by atoms with Gasteiger partial charge in [-0.05, 0) is 48.2 Å². The van der Waals surface area contributed by atoms with E-state index in [2.05, 4.69) is 15.9 Å². The lowest BCUT2D eigenvalue weighted by atomic mass is 10.00. The molecule has 0 saturated heterocycles. The van der Waals surface area contributed by atoms with Crippen LogP contribution in [-0.4, -0.2) is 0 Å². The second-order valence-corrected chi connectivity index (χ2v) is 5.93. The maximum absolute atomic E-state index is 13.6. The second-order valence-electron chi connectivity index (χ2n) is 4.39. The molecule has 2 aromatic carbocycles. The second kappa shape index (κ2) is 6.02. The molecule has 0 N–H and O–H groups in total. The first kappa shape index (κ1) is 14.5. The Labute approximate surface area is 124 Å². The first-order valence-corrected chi connectivity index (χ1v) is 7.11. The number of benzene rings is 2. The highest BCUT2D eigenvalue weighted by atomic mass is 79.9. The number of rotatable bonds is 3. The van der Waals surface area contributed by atoms with E-state index in [0.29, 0.717) is 17.0 Å². The van der Waals surface area contributed by atoms with Crippen molar-refractivity contribution in [3.8, 4) is 0 Å². The van der Waals surface area contributed by atoms with E-state index in [0.717, 1.165) is 17.2 Å². The zero-order valence-electron chi connectivity index (χ0n) is 10.3. The van der Waals surface area contributed by atoms with Crippen LogP contribution in [0.2, 0.25) is 5.02 Å². The minimum absolute atomic E-state index is 0.109. The Kier molecular flexibility index (Phi) is 4.58. The van der Waals surface area contributed by atoms with Crippen molar-refractivity contribution < 1.29 is 8.78 Å². The molecule has 0 aliphatic rings. The van der Waals surface area contributed by atoms with E-state index in [9.17, 15) is 8.78 Å². The first-order valence-electron chi connectivity index (χ1n) is 5.82. The van der Waals surface area contributed by atoms with Gasteiger partial charge in [-0.1, -0.05) is 45.7 Å². The van der Waals surface area contributed by atoms with Gasteiger partial charge in [-0.3, -0.25) is 0 Å². The topological polar surface area (TPSA) is 0 Å². The smallest absolute Gasteiger partial charge is 0.162 e. The van der Waals surface area contributed by atoms with Crippen LogP contribution >= 0.6 is 27.5 Å². The van der Waals surface area contributed by atoms with Crippen LogP contribution in [0.5, 0.6) is 0 Å². The van der Waals surface area contributed by atoms with Crippen LogP contribution in [-0.2, 0) is 6.42 Å². The lowest BCUT2D eigenvalue weighted by molar-refractivity contribution is 0.498. The summed E-state index contributed by atoms with van der Waals surface area (Å²) < 4.78 is 26.8. The van der Waals surface area contributed by atoms with Gasteiger partial charge in [0, 0.05) is 9.85 Å². The summed E-state index contributed by atoms with van der Waals surface area (Å²) in [6, 6.07) is 9.78. The molecule has 0 amide bonds. The fourth-order valence-corrected chi connectivity index (χ4v) is 2.98. The van der Waals surface area contributed by atoms with Crippen LogP contribution in [0, 0.1) is 18.6 Å². The van der Waals surface area contributed by atoms with Crippen molar-refractivity contribution in [3.63, 3.8) is 0 Å². The van der Waals surface area contributed by atoms with Crippen molar-refractivity contribution in [2.75, 3.05) is 0 Å². The number of hydrogen-bond donors (Lipinski definition) is 0. The summed E-state index contributed by atoms with van der Waals surface area (Å²) in [7, 11) is 0. The van der Waals surface area contributed by atoms with E-state index in [4.69, 9.17) is 11.6 Å². The van der Waals surface area contributed by atoms with E-state index in [1.807, 2.05) is 25.1 Å². The van der Waals surface area contributed by atoms with Gasteiger partial charge >= 0.3 is 0 Å². The van der Waals surface area contributed by atoms with E-state index in [1.165, 1.54) is 6.07 Å². The SMILES string of the molecule is Cc1ccc(Cl)cc1C(Br)Cc1cccc(F)c1F. The van der Waals surface area contributed by atoms with Crippen LogP contribution in [0.3, 0.4) is 0 Å². The molecule has 100 valence electrons. The molecule has 0 aliphatic carbocycles. The normalized spacial score (nSPS) is 12.5. The Morgan fingerprint density at radius 3 is 2.68 bits per heavy atom. The molecule has 0 bridgehead atoms. The largest absolute Gasteiger partial charge is 0.204 e. The van der Waals surface area contributed by atoms with Crippen LogP contribution in [0.15, 0.2) is 36.4 Å². The van der Waals surface area contributed by atoms with Gasteiger partial charge in [-0.25, -0.2) is 8.78 Å². The van der Waals surface area contributed by atoms with Gasteiger partial charge in [-0.2, -0.15) is 0 Å². The molecule has 2 aromatic rings. The third-order valence-corrected chi connectivity index (χ3v) is 4.06. The van der Waals surface area contributed by atoms with Crippen molar-refractivity contribution >= 4 is 27.5 Å². The minimum Gasteiger partial charge on any atom is -0.204 e. The molecule has 4 heteroatoms. The molecule has 0 radical (unpaired) electrons. The summed E-state index contributed by atoms with van der Waals surface area (Å²) >= 11 is 9.48. The Morgan fingerprint density at radius 1 is 1.21 bits per heavy atom. The summed E-state index contributed by atoms with van der Waals surface area (Å²) in [5, 5.41) is 0.629. The van der Waals surface area contributed by atoms with Crippen molar-refractivity contribution in [1.82, 2.24) is 0 Å². The van der Waals surface area contributed by atoms with Gasteiger partial charge in [0.1, 0.15) is 0 Å². The lowest BCUT2D eigenvalue weighted by Gasteiger charge is -2.14. The summed E-state index contributed by atoms with van der Waals surface area (Å²) in [5.74, 6) is -1.60. The van der Waals surface area contributed by atoms with Crippen LogP contribution in [0.1, 0.15) is 21.5 Å². The average molecular weight is 346 g/mol. The first-order chi connectivity index (χ1) is 8.99. The van der Waals surface area contributed by atoms with Crippen molar-refractivity contribution in [1.29, 1.82) is 0 Å². The summed E-state index contributed by atoms with van der Waals surface area (Å²) in [6.07, 6.45) is 0.366. The van der Waals surface area contributed by atoms with Crippen molar-refractivity contribution in [2.45, 2.75) is 18.2 Å². The fraction of sp³-hybridized carbons (Fsp3) is 0.200. The Balaban J connectivity index is 2.28. The number of hydrogen-bond acceptors (Lipinski definition) is 0. The average Bonchev–Trinajstić information content (AvgIpc) is 2.38. The highest BCUT2D eigenvalue weighted by Gasteiger charge is 2.15. The zero-order chi connectivity index (χ0) is 14.0. The lowest BCUT2D eigenvalue weighted by Crippen LogP contribution is -2.01. The Morgan fingerprint density at radius 2 is 1.95 bits per heavy atom. The van der Waals surface area contributed by atoms with Crippen LogP contribution in [0.4, 0.5) is 8.78 Å². The monoisotopic (exact) mass is 344 g/mol. The highest BCUT2D eigenvalue weighted by molar-refractivity contribution is 9.09. The molecule has 0 saturated carbocycles. The minimum atomic E-state index is -0.819. The van der Waals surface area contributed by atoms with Crippen LogP contribution < -0.4 is 0 Å². The molecule has 0 heterocycles. The predicted octanol–water partition coefficient (Wildman–Crippen LogP) is 5.61. The van der Waals surface area contributed by atoms with Gasteiger partial charge < -0.3 is 0 Å². The molecule has 1 unspecified atom stereocenters. The van der Waals surface area contributed by atoms with Crippen molar-refractivity contribution in [3.05, 3.63) is 69.7 Å². The number of alkyl halides is 1. The molecular formula is C15H12BrClF2. The summed E-state index contributed by atoms with van der Waals surface area (Å²) in [4.78, 5) is -0.109. The van der Waals surface area contributed by atoms with Gasteiger partial charge in [0.2, 0.25) is 0 Å². The van der Waals surface area contributed by atoms with Gasteiger partial charge in [-0.15, -0.1) is 0 Å². The molecule has 0 spiro atoms. The molecule has 19 heavy (non-hydrogen) atoms. The quantitative estimate of drug-likeness (QED) is 0.635. The Hall–Kier alpha value is -0.930. The van der Waals surface area contributed by atoms with Gasteiger partial charge in [0.15, 0.2) is 11.6 Å². The van der Waals surface area contributed by atoms with E-state index < -0.39 is 11.6 Å². The molecule has 1 atom stereocenters. The third-order valence-electron chi connectivity index (χ3n) is 3.01. The zero-order valence-corrected chi connectivity index (χ0v) is 12.6. The number of aryl methyl sites for hydroxylation is 1. The highest BCUT2D eigenvalue weighted by Crippen LogP contribution is 2.32. The van der Waals surface area contributed by atoms with Crippen LogP contribution in [0.25, 0.3) is 0 Å². The molecule has 2 rings (SSSR count). The van der Waals surface area contributed by atoms with E-state index in [1.54, 1.807) is 6.07 Å². The summed E-state index contributed by atoms with van der Waals surface area (Å²) in [5.41, 5.74) is 2.39. The Bertz CT molecular complexity index is 599. The molecule has 0 nitrogen and oxygen atoms in total. The van der Waals surface area contributed by atoms with E-state index in [-0.39, 0.29) is 4.83 Å². The third kappa shape index (κ3) is 3.34. The standard InChI is InChI=1S/C15H12BrClF2/c1-9-5-6-11(17)8-12(9)13(16)7-10-3-2-4-14(18)15(10)19/h2-6,8,13H,7H2,1H3. The molecule has 0 fully saturated rings. The molecular weight excluding hydrogens is 334 g/mol. The summed E-state index contributed by atoms with van der Waals surface area (Å²) in [6.45, 7) is 1.96.